The zero-order chi connectivity index (χ0) is 14.4. The van der Waals surface area contributed by atoms with Crippen molar-refractivity contribution in [3.05, 3.63) is 35.9 Å². The molecule has 0 spiro atoms. The third-order valence-corrected chi connectivity index (χ3v) is 5.69. The van der Waals surface area contributed by atoms with Crippen molar-refractivity contribution in [3.8, 4) is 0 Å². The normalized spacial score (nSPS) is 16.1. The predicted octanol–water partition coefficient (Wildman–Crippen LogP) is 2.94. The SMILES string of the molecule is [O]=[Sn]([O]Cc1ccccc1)[CH](F)C(F)C(F)C(F)F. The van der Waals surface area contributed by atoms with E-state index >= 15 is 0 Å². The molecule has 0 bridgehead atoms. The average molecular weight is 389 g/mol. The molecule has 1 aromatic carbocycles. The number of rotatable bonds is 7. The van der Waals surface area contributed by atoms with E-state index in [9.17, 15) is 25.0 Å². The number of halogens is 5. The Balaban J connectivity index is 2.49. The van der Waals surface area contributed by atoms with Crippen LogP contribution in [0.25, 0.3) is 0 Å². The van der Waals surface area contributed by atoms with Gasteiger partial charge in [0.1, 0.15) is 0 Å². The van der Waals surface area contributed by atoms with Crippen LogP contribution in [0.15, 0.2) is 30.3 Å². The fourth-order valence-electron chi connectivity index (χ4n) is 1.24. The molecule has 0 aliphatic heterocycles. The molecule has 0 N–H and O–H groups in total. The van der Waals surface area contributed by atoms with Crippen molar-refractivity contribution < 1.29 is 28.1 Å². The Kier molecular flexibility index (Phi) is 6.84. The Bertz CT molecular complexity index is 403. The monoisotopic (exact) mass is 390 g/mol. The predicted molar refractivity (Wildman–Crippen MR) is 58.4 cm³/mol. The van der Waals surface area contributed by atoms with Crippen molar-refractivity contribution in [2.24, 2.45) is 0 Å². The minimum atomic E-state index is -4.58. The summed E-state index contributed by atoms with van der Waals surface area (Å²) in [7, 11) is 0. The van der Waals surface area contributed by atoms with Crippen LogP contribution in [0.3, 0.4) is 0 Å². The van der Waals surface area contributed by atoms with Crippen molar-refractivity contribution >= 4 is 20.2 Å². The maximum atomic E-state index is 13.2. The van der Waals surface area contributed by atoms with E-state index in [0.29, 0.717) is 5.56 Å². The van der Waals surface area contributed by atoms with Crippen LogP contribution < -0.4 is 0 Å². The van der Waals surface area contributed by atoms with Gasteiger partial charge in [-0.2, -0.15) is 0 Å². The first-order valence-electron chi connectivity index (χ1n) is 5.34. The number of alkyl halides is 5. The van der Waals surface area contributed by atoms with Gasteiger partial charge in [0, 0.05) is 0 Å². The molecule has 0 aliphatic rings. The van der Waals surface area contributed by atoms with Crippen LogP contribution in [-0.2, 0) is 12.8 Å². The molecule has 0 heterocycles. The van der Waals surface area contributed by atoms with E-state index in [2.05, 4.69) is 3.07 Å². The van der Waals surface area contributed by atoms with Gasteiger partial charge in [-0.05, 0) is 0 Å². The van der Waals surface area contributed by atoms with Crippen LogP contribution in [0.1, 0.15) is 5.56 Å². The topological polar surface area (TPSA) is 26.3 Å². The summed E-state index contributed by atoms with van der Waals surface area (Å²) < 4.78 is 75.6. The van der Waals surface area contributed by atoms with E-state index in [1.54, 1.807) is 30.3 Å². The third kappa shape index (κ3) is 5.13. The average Bonchev–Trinajstić information content (AvgIpc) is 2.43. The van der Waals surface area contributed by atoms with Gasteiger partial charge >= 0.3 is 114 Å². The van der Waals surface area contributed by atoms with E-state index in [0.717, 1.165) is 0 Å². The molecule has 106 valence electrons. The van der Waals surface area contributed by atoms with Crippen molar-refractivity contribution in [2.45, 2.75) is 29.6 Å². The van der Waals surface area contributed by atoms with Crippen LogP contribution in [0.2, 0.25) is 0 Å². The van der Waals surface area contributed by atoms with Gasteiger partial charge < -0.3 is 0 Å². The third-order valence-electron chi connectivity index (χ3n) is 2.27. The van der Waals surface area contributed by atoms with E-state index in [4.69, 9.17) is 0 Å². The van der Waals surface area contributed by atoms with E-state index in [-0.39, 0.29) is 6.61 Å². The summed E-state index contributed by atoms with van der Waals surface area (Å²) in [5.41, 5.74) is 0.574. The van der Waals surface area contributed by atoms with Gasteiger partial charge in [0.2, 0.25) is 0 Å². The molecule has 2 nitrogen and oxygen atoms in total. The minimum absolute atomic E-state index is 0.224. The number of benzene rings is 1. The van der Waals surface area contributed by atoms with E-state index < -0.39 is 43.1 Å². The van der Waals surface area contributed by atoms with Gasteiger partial charge in [0.05, 0.1) is 0 Å². The Hall–Kier alpha value is -0.571. The number of hydrogen-bond acceptors (Lipinski definition) is 2. The second-order valence-electron chi connectivity index (χ2n) is 3.72. The molecule has 0 saturated carbocycles. The first-order chi connectivity index (χ1) is 8.93. The summed E-state index contributed by atoms with van der Waals surface area (Å²) >= 11 is -4.58. The van der Waals surface area contributed by atoms with Gasteiger partial charge in [-0.25, -0.2) is 0 Å². The van der Waals surface area contributed by atoms with E-state index in [1.807, 2.05) is 0 Å². The molecule has 0 amide bonds. The molecule has 0 saturated heterocycles. The molecule has 1 rings (SSSR count). The molecule has 0 aromatic heterocycles. The summed E-state index contributed by atoms with van der Waals surface area (Å²) in [5, 5.41) is 0. The Morgan fingerprint density at radius 1 is 1.00 bits per heavy atom. The zero-order valence-electron chi connectivity index (χ0n) is 9.61. The first kappa shape index (κ1) is 16.5. The molecule has 0 radical (unpaired) electrons. The van der Waals surface area contributed by atoms with Crippen LogP contribution in [0.5, 0.6) is 0 Å². The molecule has 8 heteroatoms. The molecular weight excluding hydrogens is 378 g/mol. The molecule has 1 aromatic rings. The fraction of sp³-hybridized carbons (Fsp3) is 0.455. The van der Waals surface area contributed by atoms with Crippen LogP contribution >= 0.6 is 0 Å². The Labute approximate surface area is 114 Å². The molecular formula is C11H11F5O2Sn. The van der Waals surface area contributed by atoms with Crippen LogP contribution in [0, 0.1) is 0 Å². The standard InChI is InChI=1S/C7H7O.C4H4F5.O.Sn/c8-6-7-4-2-1-3-5-7;5-1-2(6)3(7)4(8)9;;/h1-5H,6H2;1-4H;;/q-1;;;+1. The molecule has 3 atom stereocenters. The molecule has 0 aliphatic carbocycles. The van der Waals surface area contributed by atoms with Crippen molar-refractivity contribution in [1.82, 2.24) is 0 Å². The van der Waals surface area contributed by atoms with Crippen LogP contribution in [-0.4, -0.2) is 43.1 Å². The molecule has 0 fully saturated rings. The number of hydrogen-bond donors (Lipinski definition) is 0. The van der Waals surface area contributed by atoms with Crippen LogP contribution in [0.4, 0.5) is 22.0 Å². The van der Waals surface area contributed by atoms with Gasteiger partial charge in [0.15, 0.2) is 0 Å². The first-order valence-corrected chi connectivity index (χ1v) is 9.32. The molecule has 3 unspecified atom stereocenters. The second kappa shape index (κ2) is 7.88. The zero-order valence-corrected chi connectivity index (χ0v) is 12.5. The van der Waals surface area contributed by atoms with Gasteiger partial charge in [-0.3, -0.25) is 0 Å². The van der Waals surface area contributed by atoms with Crippen molar-refractivity contribution in [1.29, 1.82) is 0 Å². The summed E-state index contributed by atoms with van der Waals surface area (Å²) in [6.07, 6.45) is -10.1. The fourth-order valence-corrected chi connectivity index (χ4v) is 3.84. The summed E-state index contributed by atoms with van der Waals surface area (Å²) in [6, 6.07) is 8.24. The van der Waals surface area contributed by atoms with Gasteiger partial charge in [0.25, 0.3) is 0 Å². The van der Waals surface area contributed by atoms with Gasteiger partial charge in [-0.15, -0.1) is 0 Å². The summed E-state index contributed by atoms with van der Waals surface area (Å²) in [4.78, 5) is 0. The van der Waals surface area contributed by atoms with Gasteiger partial charge in [-0.1, -0.05) is 0 Å². The summed E-state index contributed by atoms with van der Waals surface area (Å²) in [6.45, 7) is -0.224. The Morgan fingerprint density at radius 3 is 2.11 bits per heavy atom. The summed E-state index contributed by atoms with van der Waals surface area (Å²) in [5.74, 6) is 0. The van der Waals surface area contributed by atoms with Crippen molar-refractivity contribution in [3.63, 3.8) is 0 Å². The maximum absolute atomic E-state index is 13.2. The second-order valence-corrected chi connectivity index (χ2v) is 7.94. The van der Waals surface area contributed by atoms with E-state index in [1.165, 1.54) is 0 Å². The van der Waals surface area contributed by atoms with Crippen molar-refractivity contribution in [2.75, 3.05) is 0 Å². The Morgan fingerprint density at radius 2 is 1.58 bits per heavy atom. The quantitative estimate of drug-likeness (QED) is 0.530. The molecule has 19 heavy (non-hydrogen) atoms.